The van der Waals surface area contributed by atoms with Crippen molar-refractivity contribution in [2.75, 3.05) is 52.8 Å². The highest BCUT2D eigenvalue weighted by molar-refractivity contribution is 6.32. The number of nitrogens with zero attached hydrogens (tertiary/aromatic N) is 2. The van der Waals surface area contributed by atoms with Crippen LogP contribution in [-0.2, 0) is 24.4 Å². The van der Waals surface area contributed by atoms with Gasteiger partial charge in [-0.3, -0.25) is 9.59 Å². The lowest BCUT2D eigenvalue weighted by atomic mass is 9.49. The van der Waals surface area contributed by atoms with E-state index in [2.05, 4.69) is 28.1 Å². The van der Waals surface area contributed by atoms with E-state index in [4.69, 9.17) is 58.5 Å². The average Bonchev–Trinajstić information content (AvgIpc) is 3.62. The highest BCUT2D eigenvalue weighted by Crippen LogP contribution is 2.56. The Morgan fingerprint density at radius 3 is 2.01 bits per heavy atom. The first-order valence-corrected chi connectivity index (χ1v) is 24.3. The van der Waals surface area contributed by atoms with Gasteiger partial charge in [0.25, 0.3) is 5.91 Å². The largest absolute Gasteiger partial charge is 0.491 e. The zero-order valence-electron chi connectivity index (χ0n) is 40.4. The summed E-state index contributed by atoms with van der Waals surface area (Å²) in [6, 6.07) is 22.6. The predicted octanol–water partition coefficient (Wildman–Crippen LogP) is 9.98. The molecule has 1 saturated heterocycles. The molecule has 2 aliphatic rings. The molecule has 3 N–H and O–H groups in total. The first-order chi connectivity index (χ1) is 33.1. The molecule has 4 atom stereocenters. The Morgan fingerprint density at radius 1 is 0.786 bits per heavy atom. The highest BCUT2D eigenvalue weighted by Gasteiger charge is 2.64. The van der Waals surface area contributed by atoms with Gasteiger partial charge in [0.05, 0.1) is 67.4 Å². The topological polar surface area (TPSA) is 164 Å². The van der Waals surface area contributed by atoms with E-state index in [0.717, 1.165) is 6.07 Å². The van der Waals surface area contributed by atoms with Crippen LogP contribution in [0, 0.1) is 50.5 Å². The molecule has 0 radical (unpaired) electrons. The zero-order valence-corrected chi connectivity index (χ0v) is 42.7. The molecule has 374 valence electrons. The Balaban J connectivity index is 0.889. The first-order valence-electron chi connectivity index (χ1n) is 23.1. The maximum absolute atomic E-state index is 15.9. The minimum Gasteiger partial charge on any atom is -0.491 e. The number of hydrogen-bond donors (Lipinski definition) is 3. The van der Waals surface area contributed by atoms with Crippen LogP contribution >= 0.6 is 34.8 Å². The number of nitrogens with one attached hydrogen (secondary N) is 3. The second-order valence-electron chi connectivity index (χ2n) is 20.0. The average molecular weight is 1020 g/mol. The third-order valence-electron chi connectivity index (χ3n) is 13.1. The summed E-state index contributed by atoms with van der Waals surface area (Å²) in [6.45, 7) is 16.1. The van der Waals surface area contributed by atoms with E-state index >= 15 is 8.78 Å². The quantitative estimate of drug-likeness (QED) is 0.0685. The monoisotopic (exact) mass is 1020 g/mol. The number of halogens is 5. The lowest BCUT2D eigenvalue weighted by Gasteiger charge is -2.63. The molecule has 4 aromatic rings. The minimum absolute atomic E-state index is 0.00327. The Bertz CT molecular complexity index is 2570. The van der Waals surface area contributed by atoms with Gasteiger partial charge in [-0.2, -0.15) is 10.5 Å². The summed E-state index contributed by atoms with van der Waals surface area (Å²) in [7, 11) is 0. The molecule has 1 heterocycles. The van der Waals surface area contributed by atoms with Crippen molar-refractivity contribution >= 4 is 46.6 Å². The van der Waals surface area contributed by atoms with E-state index in [9.17, 15) is 20.1 Å². The van der Waals surface area contributed by atoms with Crippen molar-refractivity contribution in [3.63, 3.8) is 0 Å². The number of benzene rings is 4. The summed E-state index contributed by atoms with van der Waals surface area (Å²) < 4.78 is 60.9. The number of hydrogen-bond acceptors (Lipinski definition) is 10. The fraction of sp³-hybridized carbons (Fsp3) is 0.472. The molecule has 1 saturated carbocycles. The fourth-order valence-electron chi connectivity index (χ4n) is 10.2. The van der Waals surface area contributed by atoms with Crippen LogP contribution in [0.3, 0.4) is 0 Å². The summed E-state index contributed by atoms with van der Waals surface area (Å²) in [5.74, 6) is -2.26. The molecule has 70 heavy (non-hydrogen) atoms. The molecule has 0 bridgehead atoms. The molecule has 2 fully saturated rings. The standard InChI is InChI=1S/C53H60Cl3F2N5O7/c1-50(2,3)29-42-53(31-60,38-18-14-34(54)27-41(38)57)43(37-9-8-10-39(55)44(37)58)45(62-42)47(65)61-19-20-66-21-22-67-23-24-68-25-26-69-35-15-11-32(12-16-35)46(64)63-48-51(4,5)49(52(48,6)7)70-36-17-13-33(30-59)40(56)28-36/h8-18,27-28,42-43,45,48-49,62H,19-26,29H2,1-7H3,(H,61,65)(H,63,64)/t42-,43-,45+,48-,49-,53-/m0/s1. The zero-order chi connectivity index (χ0) is 51.0. The van der Waals surface area contributed by atoms with Crippen molar-refractivity contribution in [2.45, 2.75) is 90.4 Å². The van der Waals surface area contributed by atoms with Crippen LogP contribution in [0.1, 0.15) is 87.9 Å². The van der Waals surface area contributed by atoms with E-state index in [0.29, 0.717) is 53.9 Å². The van der Waals surface area contributed by atoms with Crippen LogP contribution in [0.15, 0.2) is 78.9 Å². The van der Waals surface area contributed by atoms with Gasteiger partial charge in [0.15, 0.2) is 0 Å². The summed E-state index contributed by atoms with van der Waals surface area (Å²) >= 11 is 18.6. The number of carbonyl (C=O) groups is 2. The van der Waals surface area contributed by atoms with E-state index in [1.54, 1.807) is 48.5 Å². The van der Waals surface area contributed by atoms with Crippen LogP contribution in [0.5, 0.6) is 11.5 Å². The van der Waals surface area contributed by atoms with Gasteiger partial charge in [0, 0.05) is 57.6 Å². The van der Waals surface area contributed by atoms with Crippen LogP contribution in [0.2, 0.25) is 15.1 Å². The number of carbonyl (C=O) groups excluding carboxylic acids is 2. The normalized spacial score (nSPS) is 22.3. The van der Waals surface area contributed by atoms with Gasteiger partial charge in [-0.05, 0) is 72.0 Å². The summed E-state index contributed by atoms with van der Waals surface area (Å²) in [5.41, 5.74) is -2.01. The molecule has 0 aromatic heterocycles. The lowest BCUT2D eigenvalue weighted by Crippen LogP contribution is -2.74. The van der Waals surface area contributed by atoms with Gasteiger partial charge in [-0.15, -0.1) is 0 Å². The number of ether oxygens (including phenoxy) is 5. The van der Waals surface area contributed by atoms with Gasteiger partial charge < -0.3 is 39.6 Å². The van der Waals surface area contributed by atoms with Crippen molar-refractivity contribution < 1.29 is 42.1 Å². The lowest BCUT2D eigenvalue weighted by molar-refractivity contribution is -0.164. The van der Waals surface area contributed by atoms with Crippen molar-refractivity contribution in [1.82, 2.24) is 16.0 Å². The predicted molar refractivity (Wildman–Crippen MR) is 264 cm³/mol. The van der Waals surface area contributed by atoms with E-state index in [-0.39, 0.29) is 77.6 Å². The SMILES string of the molecule is CC(C)(C)C[C@@H]1N[C@@H](C(=O)NCCOCCOCCOCCOc2ccc(C(=O)N[C@H]3C(C)(C)[C@H](Oc4ccc(C#N)c(Cl)c4)C3(C)C)cc2)[C@H](c2cccc(Cl)c2F)[C@@]1(C#N)c1ccc(Cl)cc1F. The molecule has 1 aliphatic carbocycles. The molecular weight excluding hydrogens is 963 g/mol. The number of amides is 2. The first kappa shape index (κ1) is 54.3. The molecular formula is C53H60Cl3F2N5O7. The third-order valence-corrected chi connectivity index (χ3v) is 13.9. The molecule has 0 unspecified atom stereocenters. The summed E-state index contributed by atoms with van der Waals surface area (Å²) in [5, 5.41) is 29.8. The van der Waals surface area contributed by atoms with E-state index in [1.807, 2.05) is 48.5 Å². The molecule has 6 rings (SSSR count). The van der Waals surface area contributed by atoms with Crippen molar-refractivity contribution in [1.29, 1.82) is 10.5 Å². The third kappa shape index (κ3) is 12.2. The maximum atomic E-state index is 15.9. The Hall–Kier alpha value is -5.03. The van der Waals surface area contributed by atoms with Crippen molar-refractivity contribution in [3.05, 3.63) is 128 Å². The number of nitriles is 2. The van der Waals surface area contributed by atoms with E-state index < -0.39 is 51.8 Å². The molecule has 12 nitrogen and oxygen atoms in total. The molecule has 0 spiro atoms. The summed E-state index contributed by atoms with van der Waals surface area (Å²) in [6.07, 6.45) is 0.130. The van der Waals surface area contributed by atoms with Crippen LogP contribution in [0.4, 0.5) is 8.78 Å². The van der Waals surface area contributed by atoms with Gasteiger partial charge >= 0.3 is 0 Å². The Labute approximate surface area is 424 Å². The van der Waals surface area contributed by atoms with Crippen molar-refractivity contribution in [2.24, 2.45) is 16.2 Å². The molecule has 17 heteroatoms. The van der Waals surface area contributed by atoms with Gasteiger partial charge in [-0.25, -0.2) is 8.78 Å². The van der Waals surface area contributed by atoms with Crippen LogP contribution in [-0.4, -0.2) is 88.8 Å². The van der Waals surface area contributed by atoms with E-state index in [1.165, 1.54) is 24.3 Å². The van der Waals surface area contributed by atoms with Gasteiger partial charge in [0.1, 0.15) is 47.3 Å². The fourth-order valence-corrected chi connectivity index (χ4v) is 10.7. The minimum atomic E-state index is -1.73. The maximum Gasteiger partial charge on any atom is 0.251 e. The summed E-state index contributed by atoms with van der Waals surface area (Å²) in [4.78, 5) is 27.3. The molecule has 2 amide bonds. The van der Waals surface area contributed by atoms with Gasteiger partial charge in [0.2, 0.25) is 5.91 Å². The Morgan fingerprint density at radius 2 is 1.41 bits per heavy atom. The molecule has 1 aliphatic heterocycles. The Kier molecular flexibility index (Phi) is 17.9. The van der Waals surface area contributed by atoms with Crippen molar-refractivity contribution in [3.8, 4) is 23.6 Å². The second kappa shape index (κ2) is 23.0. The smallest absolute Gasteiger partial charge is 0.251 e. The van der Waals surface area contributed by atoms with Gasteiger partial charge in [-0.1, -0.05) is 101 Å². The highest BCUT2D eigenvalue weighted by atomic mass is 35.5. The second-order valence-corrected chi connectivity index (χ2v) is 21.2. The number of rotatable bonds is 21. The molecule has 4 aromatic carbocycles. The van der Waals surface area contributed by atoms with Crippen LogP contribution in [0.25, 0.3) is 0 Å². The van der Waals surface area contributed by atoms with Crippen LogP contribution < -0.4 is 25.4 Å².